The molecule has 0 spiro atoms. The maximum atomic E-state index is 11.3. The van der Waals surface area contributed by atoms with Crippen LogP contribution in [0, 0.1) is 5.92 Å². The third kappa shape index (κ3) is 3.18. The normalized spacial score (nSPS) is 28.9. The van der Waals surface area contributed by atoms with Gasteiger partial charge in [-0.15, -0.1) is 0 Å². The summed E-state index contributed by atoms with van der Waals surface area (Å²) in [7, 11) is -2.70. The largest absolute Gasteiger partial charge is 0.311 e. The summed E-state index contributed by atoms with van der Waals surface area (Å²) in [6, 6.07) is 1.08. The highest BCUT2D eigenvalue weighted by Gasteiger charge is 2.32. The van der Waals surface area contributed by atoms with Gasteiger partial charge in [0.05, 0.1) is 11.5 Å². The molecule has 0 aromatic carbocycles. The monoisotopic (exact) mass is 231 g/mol. The first-order valence-corrected chi connectivity index (χ1v) is 7.89. The van der Waals surface area contributed by atoms with E-state index in [1.54, 1.807) is 0 Å². The Morgan fingerprint density at radius 3 is 2.27 bits per heavy atom. The predicted octanol–water partition coefficient (Wildman–Crippen LogP) is 1.34. The lowest BCUT2D eigenvalue weighted by molar-refractivity contribution is 0.364. The maximum absolute atomic E-state index is 11.3. The molecular formula is C11H21NO2S. The molecule has 1 saturated heterocycles. The van der Waals surface area contributed by atoms with E-state index in [2.05, 4.69) is 12.2 Å². The average Bonchev–Trinajstić information content (AvgIpc) is 3.00. The van der Waals surface area contributed by atoms with Gasteiger partial charge in [-0.2, -0.15) is 0 Å². The molecule has 1 atom stereocenters. The Labute approximate surface area is 92.6 Å². The summed E-state index contributed by atoms with van der Waals surface area (Å²) in [4.78, 5) is 0. The molecule has 1 saturated carbocycles. The lowest BCUT2D eigenvalue weighted by Crippen LogP contribution is -2.43. The zero-order valence-corrected chi connectivity index (χ0v) is 10.2. The van der Waals surface area contributed by atoms with E-state index in [0.29, 0.717) is 23.6 Å². The Kier molecular flexibility index (Phi) is 3.36. The number of nitrogens with one attached hydrogen (secondary N) is 1. The molecule has 15 heavy (non-hydrogen) atoms. The lowest BCUT2D eigenvalue weighted by atomic mass is 10.1. The van der Waals surface area contributed by atoms with Crippen LogP contribution in [0.15, 0.2) is 0 Å². The zero-order valence-electron chi connectivity index (χ0n) is 9.41. The molecule has 88 valence electrons. The van der Waals surface area contributed by atoms with Gasteiger partial charge in [-0.3, -0.25) is 0 Å². The summed E-state index contributed by atoms with van der Waals surface area (Å²) in [5.41, 5.74) is 0. The summed E-state index contributed by atoms with van der Waals surface area (Å²) in [6.07, 6.45) is 5.51. The van der Waals surface area contributed by atoms with Gasteiger partial charge in [-0.25, -0.2) is 8.42 Å². The van der Waals surface area contributed by atoms with Crippen LogP contribution in [0.1, 0.15) is 39.0 Å². The Morgan fingerprint density at radius 1 is 1.20 bits per heavy atom. The van der Waals surface area contributed by atoms with E-state index in [-0.39, 0.29) is 0 Å². The molecule has 2 aliphatic rings. The van der Waals surface area contributed by atoms with Crippen LogP contribution in [0.4, 0.5) is 0 Å². The van der Waals surface area contributed by atoms with Crippen LogP contribution in [0.2, 0.25) is 0 Å². The lowest BCUT2D eigenvalue weighted by Gasteiger charge is -2.28. The first-order chi connectivity index (χ1) is 7.11. The molecular weight excluding hydrogens is 210 g/mol. The third-order valence-electron chi connectivity index (χ3n) is 3.64. The summed E-state index contributed by atoms with van der Waals surface area (Å²) in [5, 5.41) is 3.64. The summed E-state index contributed by atoms with van der Waals surface area (Å²) < 4.78 is 22.5. The molecule has 1 aliphatic carbocycles. The second-order valence-corrected chi connectivity index (χ2v) is 7.25. The average molecular weight is 231 g/mol. The molecule has 1 heterocycles. The molecule has 0 aromatic heterocycles. The van der Waals surface area contributed by atoms with Crippen molar-refractivity contribution in [3.05, 3.63) is 0 Å². The highest BCUT2D eigenvalue weighted by molar-refractivity contribution is 7.91. The Bertz CT molecular complexity index is 295. The molecule has 2 fully saturated rings. The van der Waals surface area contributed by atoms with Gasteiger partial charge < -0.3 is 5.32 Å². The Balaban J connectivity index is 1.80. The van der Waals surface area contributed by atoms with E-state index in [9.17, 15) is 8.42 Å². The highest BCUT2D eigenvalue weighted by atomic mass is 32.2. The van der Waals surface area contributed by atoms with Gasteiger partial charge in [0.2, 0.25) is 0 Å². The molecule has 1 aliphatic heterocycles. The molecule has 1 N–H and O–H groups in total. The second-order valence-electron chi connectivity index (χ2n) is 4.94. The molecule has 0 amide bonds. The van der Waals surface area contributed by atoms with Crippen molar-refractivity contribution in [3.8, 4) is 0 Å². The molecule has 3 nitrogen and oxygen atoms in total. The minimum absolute atomic E-state index is 0.381. The summed E-state index contributed by atoms with van der Waals surface area (Å²) in [6.45, 7) is 2.22. The zero-order chi connectivity index (χ0) is 10.9. The van der Waals surface area contributed by atoms with Crippen LogP contribution < -0.4 is 5.32 Å². The fourth-order valence-corrected chi connectivity index (χ4v) is 3.94. The van der Waals surface area contributed by atoms with Crippen molar-refractivity contribution in [3.63, 3.8) is 0 Å². The Morgan fingerprint density at radius 2 is 1.80 bits per heavy atom. The topological polar surface area (TPSA) is 46.2 Å². The van der Waals surface area contributed by atoms with Gasteiger partial charge in [-0.1, -0.05) is 6.92 Å². The van der Waals surface area contributed by atoms with E-state index in [0.717, 1.165) is 18.8 Å². The van der Waals surface area contributed by atoms with Crippen LogP contribution in [-0.2, 0) is 9.84 Å². The SMILES string of the molecule is CCC(NC1CCS(=O)(=O)CC1)C1CC1. The van der Waals surface area contributed by atoms with E-state index in [4.69, 9.17) is 0 Å². The van der Waals surface area contributed by atoms with Crippen molar-refractivity contribution in [2.45, 2.75) is 51.1 Å². The van der Waals surface area contributed by atoms with Crippen molar-refractivity contribution in [2.24, 2.45) is 5.92 Å². The highest BCUT2D eigenvalue weighted by Crippen LogP contribution is 2.34. The quantitative estimate of drug-likeness (QED) is 0.794. The first kappa shape index (κ1) is 11.4. The standard InChI is InChI=1S/C11H21NO2S/c1-2-11(9-3-4-9)12-10-5-7-15(13,14)8-6-10/h9-12H,2-8H2,1H3. The van der Waals surface area contributed by atoms with Gasteiger partial charge in [0, 0.05) is 12.1 Å². The van der Waals surface area contributed by atoms with Crippen molar-refractivity contribution in [1.82, 2.24) is 5.32 Å². The van der Waals surface area contributed by atoms with E-state index < -0.39 is 9.84 Å². The molecule has 0 aromatic rings. The smallest absolute Gasteiger partial charge is 0.150 e. The van der Waals surface area contributed by atoms with E-state index >= 15 is 0 Å². The van der Waals surface area contributed by atoms with Gasteiger partial charge in [0.25, 0.3) is 0 Å². The second kappa shape index (κ2) is 4.42. The van der Waals surface area contributed by atoms with Crippen molar-refractivity contribution < 1.29 is 8.42 Å². The number of hydrogen-bond donors (Lipinski definition) is 1. The minimum Gasteiger partial charge on any atom is -0.311 e. The molecule has 0 bridgehead atoms. The third-order valence-corrected chi connectivity index (χ3v) is 5.35. The number of hydrogen-bond acceptors (Lipinski definition) is 3. The van der Waals surface area contributed by atoms with E-state index in [1.807, 2.05) is 0 Å². The van der Waals surface area contributed by atoms with Crippen LogP contribution in [0.5, 0.6) is 0 Å². The van der Waals surface area contributed by atoms with Crippen molar-refractivity contribution in [2.75, 3.05) is 11.5 Å². The number of sulfone groups is 1. The molecule has 2 rings (SSSR count). The van der Waals surface area contributed by atoms with Gasteiger partial charge in [-0.05, 0) is 38.0 Å². The van der Waals surface area contributed by atoms with Gasteiger partial charge >= 0.3 is 0 Å². The Hall–Kier alpha value is -0.0900. The fraction of sp³-hybridized carbons (Fsp3) is 1.00. The number of rotatable bonds is 4. The van der Waals surface area contributed by atoms with Crippen LogP contribution >= 0.6 is 0 Å². The first-order valence-electron chi connectivity index (χ1n) is 6.07. The summed E-state index contributed by atoms with van der Waals surface area (Å²) >= 11 is 0. The van der Waals surface area contributed by atoms with Crippen molar-refractivity contribution >= 4 is 9.84 Å². The molecule has 4 heteroatoms. The van der Waals surface area contributed by atoms with Crippen LogP contribution in [-0.4, -0.2) is 32.0 Å². The van der Waals surface area contributed by atoms with Crippen LogP contribution in [0.3, 0.4) is 0 Å². The molecule has 1 unspecified atom stereocenters. The van der Waals surface area contributed by atoms with Gasteiger partial charge in [0.1, 0.15) is 9.84 Å². The predicted molar refractivity (Wildman–Crippen MR) is 61.6 cm³/mol. The maximum Gasteiger partial charge on any atom is 0.150 e. The van der Waals surface area contributed by atoms with E-state index in [1.165, 1.54) is 19.3 Å². The van der Waals surface area contributed by atoms with Crippen LogP contribution in [0.25, 0.3) is 0 Å². The van der Waals surface area contributed by atoms with Gasteiger partial charge in [0.15, 0.2) is 0 Å². The molecule has 0 radical (unpaired) electrons. The summed E-state index contributed by atoms with van der Waals surface area (Å²) in [5.74, 6) is 1.63. The minimum atomic E-state index is -2.70. The fourth-order valence-electron chi connectivity index (χ4n) is 2.45. The van der Waals surface area contributed by atoms with Crippen molar-refractivity contribution in [1.29, 1.82) is 0 Å².